The number of nitrogens with zero attached hydrogens (tertiary/aromatic N) is 5. The number of hydrogen-bond donors (Lipinski definition) is 1. The van der Waals surface area contributed by atoms with Crippen molar-refractivity contribution in [2.24, 2.45) is 7.05 Å². The summed E-state index contributed by atoms with van der Waals surface area (Å²) < 4.78 is 40.6. The van der Waals surface area contributed by atoms with E-state index in [1.165, 1.54) is 23.0 Å². The van der Waals surface area contributed by atoms with Crippen LogP contribution in [0.1, 0.15) is 6.42 Å². The molecule has 4 rings (SSSR count). The van der Waals surface area contributed by atoms with Gasteiger partial charge in [0, 0.05) is 58.2 Å². The number of amides is 2. The van der Waals surface area contributed by atoms with Crippen molar-refractivity contribution in [3.63, 3.8) is 0 Å². The Morgan fingerprint density at radius 1 is 1.10 bits per heavy atom. The van der Waals surface area contributed by atoms with E-state index in [1.54, 1.807) is 19.2 Å². The summed E-state index contributed by atoms with van der Waals surface area (Å²) in [7, 11) is -2.32. The molecule has 2 aromatic rings. The van der Waals surface area contributed by atoms with Gasteiger partial charge in [0.1, 0.15) is 11.5 Å². The monoisotopic (exact) mass is 502 g/mol. The Balaban J connectivity index is 0.00000256. The lowest BCUT2D eigenvalue weighted by molar-refractivity contribution is 0.225. The number of carbonyl (C=O) groups is 1. The van der Waals surface area contributed by atoms with Crippen LogP contribution in [0.4, 0.5) is 20.6 Å². The molecule has 164 valence electrons. The lowest BCUT2D eigenvalue weighted by Crippen LogP contribution is -2.48. The summed E-state index contributed by atoms with van der Waals surface area (Å²) in [5, 5.41) is 6.42. The zero-order valence-corrected chi connectivity index (χ0v) is 19.0. The lowest BCUT2D eigenvalue weighted by atomic mass is 10.2. The first-order valence-corrected chi connectivity index (χ1v) is 10.9. The average molecular weight is 503 g/mol. The number of sulfonamides is 1. The molecule has 0 bridgehead atoms. The normalized spacial score (nSPS) is 18.5. The Bertz CT molecular complexity index is 1010. The summed E-state index contributed by atoms with van der Waals surface area (Å²) in [4.78, 5) is 16.7. The number of halogens is 2. The molecule has 0 unspecified atom stereocenters. The van der Waals surface area contributed by atoms with E-state index in [2.05, 4.69) is 20.2 Å². The highest BCUT2D eigenvalue weighted by Crippen LogP contribution is 2.28. The van der Waals surface area contributed by atoms with Crippen molar-refractivity contribution in [3.8, 4) is 0 Å². The summed E-state index contributed by atoms with van der Waals surface area (Å²) in [5.74, 6) is -0.248. The van der Waals surface area contributed by atoms with E-state index in [0.29, 0.717) is 13.0 Å². The molecule has 12 heteroatoms. The smallest absolute Gasteiger partial charge is 0.335 e. The predicted octanol–water partition coefficient (Wildman–Crippen LogP) is 1.89. The van der Waals surface area contributed by atoms with Crippen LogP contribution < -0.4 is 10.2 Å². The number of nitrogens with one attached hydrogen (secondary N) is 1. The quantitative estimate of drug-likeness (QED) is 0.671. The summed E-state index contributed by atoms with van der Waals surface area (Å²) in [6.07, 6.45) is 2.01. The van der Waals surface area contributed by atoms with Crippen molar-refractivity contribution in [1.29, 1.82) is 0 Å². The Morgan fingerprint density at radius 2 is 1.77 bits per heavy atom. The maximum Gasteiger partial charge on any atom is 0.335 e. The van der Waals surface area contributed by atoms with Crippen LogP contribution in [0.3, 0.4) is 0 Å². The molecule has 2 amide bonds. The van der Waals surface area contributed by atoms with E-state index < -0.39 is 16.1 Å². The third-order valence-electron chi connectivity index (χ3n) is 5.20. The maximum absolute atomic E-state index is 13.1. The number of aryl methyl sites for hydroxylation is 1. The number of aromatic nitrogens is 2. The Hall–Kier alpha value is -2.18. The summed E-state index contributed by atoms with van der Waals surface area (Å²) in [6, 6.07) is 5.82. The first-order chi connectivity index (χ1) is 13.8. The molecule has 3 heterocycles. The van der Waals surface area contributed by atoms with Crippen LogP contribution in [-0.4, -0.2) is 72.7 Å². The molecule has 2 aliphatic heterocycles. The van der Waals surface area contributed by atoms with Gasteiger partial charge in [0.15, 0.2) is 0 Å². The third kappa shape index (κ3) is 4.44. The highest BCUT2D eigenvalue weighted by Gasteiger charge is 2.39. The van der Waals surface area contributed by atoms with Gasteiger partial charge < -0.3 is 10.2 Å². The second kappa shape index (κ2) is 8.90. The second-order valence-electron chi connectivity index (χ2n) is 7.19. The maximum atomic E-state index is 13.1. The van der Waals surface area contributed by atoms with Crippen LogP contribution in [0.25, 0.3) is 0 Å². The molecule has 2 aliphatic rings. The van der Waals surface area contributed by atoms with Gasteiger partial charge in [-0.1, -0.05) is 0 Å². The third-order valence-corrected chi connectivity index (χ3v) is 6.92. The molecule has 0 radical (unpaired) electrons. The topological polar surface area (TPSA) is 90.8 Å². The van der Waals surface area contributed by atoms with Crippen molar-refractivity contribution < 1.29 is 17.6 Å². The first kappa shape index (κ1) is 22.5. The van der Waals surface area contributed by atoms with E-state index in [1.807, 2.05) is 0 Å². The van der Waals surface area contributed by atoms with Gasteiger partial charge in [0.05, 0.1) is 0 Å². The van der Waals surface area contributed by atoms with Gasteiger partial charge in [0.25, 0.3) is 10.0 Å². The van der Waals surface area contributed by atoms with Gasteiger partial charge >= 0.3 is 6.03 Å². The standard InChI is InChI=1S/C18H23FN6O3S.BrH/c1-22-13-16-17(21-22)29(27,28)25(18(26)20-16)8-2-7-23-9-11-24(12-10-23)15-5-3-14(19)4-6-15;/h3-6,13H,2,7-12H2,1H3,(H,20,26);1H. The minimum atomic E-state index is -3.93. The molecule has 30 heavy (non-hydrogen) atoms. The number of benzene rings is 1. The number of carbonyl (C=O) groups excluding carboxylic acids is 1. The fraction of sp³-hybridized carbons (Fsp3) is 0.444. The number of hydrogen-bond acceptors (Lipinski definition) is 6. The van der Waals surface area contributed by atoms with Crippen LogP contribution in [0.15, 0.2) is 35.5 Å². The number of rotatable bonds is 5. The van der Waals surface area contributed by atoms with Gasteiger partial charge in [-0.05, 0) is 30.7 Å². The van der Waals surface area contributed by atoms with E-state index >= 15 is 0 Å². The SMILES string of the molecule is Br.Cn1cc2c(n1)S(=O)(=O)N(CCCN1CCN(c3ccc(F)cc3)CC1)C(=O)N2. The fourth-order valence-corrected chi connectivity index (χ4v) is 5.13. The first-order valence-electron chi connectivity index (χ1n) is 9.45. The number of piperazine rings is 1. The number of urea groups is 1. The zero-order chi connectivity index (χ0) is 20.6. The Kier molecular flexibility index (Phi) is 6.68. The molecule has 0 spiro atoms. The molecule has 1 fully saturated rings. The summed E-state index contributed by atoms with van der Waals surface area (Å²) in [6.45, 7) is 4.05. The largest absolute Gasteiger partial charge is 0.369 e. The van der Waals surface area contributed by atoms with Crippen LogP contribution >= 0.6 is 17.0 Å². The highest BCUT2D eigenvalue weighted by atomic mass is 79.9. The lowest BCUT2D eigenvalue weighted by Gasteiger charge is -2.36. The Labute approximate surface area is 185 Å². The van der Waals surface area contributed by atoms with Crippen LogP contribution in [0.5, 0.6) is 0 Å². The van der Waals surface area contributed by atoms with E-state index in [4.69, 9.17) is 0 Å². The fourth-order valence-electron chi connectivity index (χ4n) is 3.68. The highest BCUT2D eigenvalue weighted by molar-refractivity contribution is 8.93. The van der Waals surface area contributed by atoms with Crippen LogP contribution in [0.2, 0.25) is 0 Å². The molecule has 1 aromatic heterocycles. The Morgan fingerprint density at radius 3 is 2.43 bits per heavy atom. The van der Waals surface area contributed by atoms with Crippen molar-refractivity contribution in [1.82, 2.24) is 19.0 Å². The van der Waals surface area contributed by atoms with Gasteiger partial charge in [-0.3, -0.25) is 9.58 Å². The van der Waals surface area contributed by atoms with Crippen molar-refractivity contribution in [3.05, 3.63) is 36.3 Å². The van der Waals surface area contributed by atoms with E-state index in [-0.39, 0.29) is 40.1 Å². The van der Waals surface area contributed by atoms with Crippen LogP contribution in [0, 0.1) is 5.82 Å². The van der Waals surface area contributed by atoms with Gasteiger partial charge in [-0.15, -0.1) is 17.0 Å². The second-order valence-corrected chi connectivity index (χ2v) is 8.97. The molecule has 9 nitrogen and oxygen atoms in total. The molecular weight excluding hydrogens is 479 g/mol. The number of fused-ring (bicyclic) bond motifs is 1. The average Bonchev–Trinajstić information content (AvgIpc) is 3.07. The zero-order valence-electron chi connectivity index (χ0n) is 16.5. The minimum absolute atomic E-state index is 0. The molecule has 1 saturated heterocycles. The molecule has 0 saturated carbocycles. The van der Waals surface area contributed by atoms with Gasteiger partial charge in [-0.25, -0.2) is 13.5 Å². The minimum Gasteiger partial charge on any atom is -0.369 e. The summed E-state index contributed by atoms with van der Waals surface area (Å²) >= 11 is 0. The summed E-state index contributed by atoms with van der Waals surface area (Å²) in [5.41, 5.74) is 1.21. The number of anilines is 2. The molecule has 0 aliphatic carbocycles. The van der Waals surface area contributed by atoms with E-state index in [9.17, 15) is 17.6 Å². The molecule has 1 N–H and O–H groups in total. The molecular formula is C18H24BrFN6O3S. The van der Waals surface area contributed by atoms with Gasteiger partial charge in [-0.2, -0.15) is 13.5 Å². The van der Waals surface area contributed by atoms with E-state index in [0.717, 1.165) is 36.2 Å². The van der Waals surface area contributed by atoms with Crippen molar-refractivity contribution in [2.45, 2.75) is 11.4 Å². The van der Waals surface area contributed by atoms with Gasteiger partial charge in [0.2, 0.25) is 5.03 Å². The molecule has 1 aromatic carbocycles. The molecule has 0 atom stereocenters. The van der Waals surface area contributed by atoms with Crippen molar-refractivity contribution >= 4 is 44.4 Å². The van der Waals surface area contributed by atoms with Crippen LogP contribution in [-0.2, 0) is 17.1 Å². The van der Waals surface area contributed by atoms with Crippen molar-refractivity contribution in [2.75, 3.05) is 49.5 Å². The predicted molar refractivity (Wildman–Crippen MR) is 116 cm³/mol.